The number of pyridine rings is 1. The highest BCUT2D eigenvalue weighted by atomic mass is 16.2. The lowest BCUT2D eigenvalue weighted by molar-refractivity contribution is -0.136. The minimum absolute atomic E-state index is 0.379. The van der Waals surface area contributed by atoms with Gasteiger partial charge >= 0.3 is 11.8 Å². The molecule has 1 fully saturated rings. The van der Waals surface area contributed by atoms with Gasteiger partial charge in [0.25, 0.3) is 0 Å². The number of amides is 2. The van der Waals surface area contributed by atoms with Gasteiger partial charge in [-0.25, -0.2) is 4.68 Å². The molecule has 3 aromatic rings. The van der Waals surface area contributed by atoms with Gasteiger partial charge in [-0.05, 0) is 50.5 Å². The van der Waals surface area contributed by atoms with E-state index in [4.69, 9.17) is 0 Å². The highest BCUT2D eigenvalue weighted by Crippen LogP contribution is 2.40. The van der Waals surface area contributed by atoms with Crippen molar-refractivity contribution >= 4 is 17.6 Å². The topological polar surface area (TPSA) is 88.9 Å². The van der Waals surface area contributed by atoms with Crippen molar-refractivity contribution in [1.29, 1.82) is 0 Å². The van der Waals surface area contributed by atoms with E-state index < -0.39 is 11.8 Å². The van der Waals surface area contributed by atoms with Crippen molar-refractivity contribution in [1.82, 2.24) is 20.1 Å². The lowest BCUT2D eigenvalue weighted by Gasteiger charge is -2.15. The number of carbonyl (C=O) groups is 2. The summed E-state index contributed by atoms with van der Waals surface area (Å²) < 4.78 is 1.67. The Labute approximate surface area is 169 Å². The number of nitrogens with one attached hydrogen (secondary N) is 2. The van der Waals surface area contributed by atoms with Gasteiger partial charge in [-0.15, -0.1) is 0 Å². The Morgan fingerprint density at radius 2 is 1.86 bits per heavy atom. The number of carbonyl (C=O) groups excluding carboxylic acids is 2. The maximum absolute atomic E-state index is 12.6. The molecule has 1 aromatic carbocycles. The van der Waals surface area contributed by atoms with Gasteiger partial charge in [-0.1, -0.05) is 24.3 Å². The number of benzene rings is 1. The van der Waals surface area contributed by atoms with Crippen LogP contribution < -0.4 is 10.6 Å². The van der Waals surface area contributed by atoms with Gasteiger partial charge in [0.2, 0.25) is 0 Å². The van der Waals surface area contributed by atoms with Gasteiger partial charge in [0.1, 0.15) is 5.82 Å². The van der Waals surface area contributed by atoms with Crippen LogP contribution in [0.25, 0.3) is 5.69 Å². The van der Waals surface area contributed by atoms with Gasteiger partial charge in [0.15, 0.2) is 0 Å². The number of hydrogen-bond donors (Lipinski definition) is 2. The van der Waals surface area contributed by atoms with Gasteiger partial charge in [0, 0.05) is 18.2 Å². The van der Waals surface area contributed by atoms with Crippen LogP contribution in [0, 0.1) is 6.92 Å². The summed E-state index contributed by atoms with van der Waals surface area (Å²) in [5.74, 6) is -0.530. The fraction of sp³-hybridized carbons (Fsp3) is 0.273. The SMILES string of the molecule is Cc1cccnc1C(C)NC(=O)C(=O)Nc1cc(C2CC2)nn1-c1ccccc1. The molecule has 7 nitrogen and oxygen atoms in total. The molecule has 0 bridgehead atoms. The summed E-state index contributed by atoms with van der Waals surface area (Å²) in [6, 6.07) is 14.8. The zero-order valence-electron chi connectivity index (χ0n) is 16.4. The van der Waals surface area contributed by atoms with Crippen LogP contribution in [0.5, 0.6) is 0 Å². The molecule has 1 saturated carbocycles. The van der Waals surface area contributed by atoms with Gasteiger partial charge < -0.3 is 10.6 Å². The predicted octanol–water partition coefficient (Wildman–Crippen LogP) is 3.27. The third-order valence-electron chi connectivity index (χ3n) is 4.98. The maximum atomic E-state index is 12.6. The van der Waals surface area contributed by atoms with Crippen molar-refractivity contribution in [3.63, 3.8) is 0 Å². The number of hydrogen-bond acceptors (Lipinski definition) is 4. The summed E-state index contributed by atoms with van der Waals surface area (Å²) in [5, 5.41) is 10.1. The number of aromatic nitrogens is 3. The molecule has 29 heavy (non-hydrogen) atoms. The van der Waals surface area contributed by atoms with Crippen LogP contribution in [0.3, 0.4) is 0 Å². The number of para-hydroxylation sites is 1. The summed E-state index contributed by atoms with van der Waals surface area (Å²) in [5.41, 5.74) is 3.45. The largest absolute Gasteiger partial charge is 0.340 e. The van der Waals surface area contributed by atoms with Gasteiger partial charge in [-0.3, -0.25) is 14.6 Å². The molecule has 0 spiro atoms. The van der Waals surface area contributed by atoms with E-state index in [1.54, 1.807) is 17.8 Å². The molecule has 2 N–H and O–H groups in total. The normalized spacial score (nSPS) is 14.3. The van der Waals surface area contributed by atoms with E-state index in [9.17, 15) is 9.59 Å². The number of anilines is 1. The Hall–Kier alpha value is -3.48. The van der Waals surface area contributed by atoms with Crippen LogP contribution in [0.4, 0.5) is 5.82 Å². The van der Waals surface area contributed by atoms with E-state index in [1.165, 1.54) is 0 Å². The molecule has 148 valence electrons. The quantitative estimate of drug-likeness (QED) is 0.656. The molecular formula is C22H23N5O2. The standard InChI is InChI=1S/C22H23N5O2/c1-14-7-6-12-23-20(14)15(2)24-21(28)22(29)25-19-13-18(16-10-11-16)26-27(19)17-8-4-3-5-9-17/h3-9,12-13,15-16H,10-11H2,1-2H3,(H,24,28)(H,25,29). The first kappa shape index (κ1) is 18.9. The molecule has 4 rings (SSSR count). The average Bonchev–Trinajstić information content (AvgIpc) is 3.49. The predicted molar refractivity (Wildman–Crippen MR) is 110 cm³/mol. The Kier molecular flexibility index (Phi) is 5.12. The molecule has 0 aliphatic heterocycles. The Bertz CT molecular complexity index is 1040. The van der Waals surface area contributed by atoms with Crippen molar-refractivity contribution < 1.29 is 9.59 Å². The molecule has 2 amide bonds. The molecule has 1 atom stereocenters. The molecular weight excluding hydrogens is 366 g/mol. The summed E-state index contributed by atoms with van der Waals surface area (Å²) in [6.45, 7) is 3.73. The highest BCUT2D eigenvalue weighted by molar-refractivity contribution is 6.39. The molecule has 2 heterocycles. The number of aryl methyl sites for hydroxylation is 1. The second-order valence-electron chi connectivity index (χ2n) is 7.33. The fourth-order valence-electron chi connectivity index (χ4n) is 3.29. The average molecular weight is 389 g/mol. The first-order valence-electron chi connectivity index (χ1n) is 9.71. The summed E-state index contributed by atoms with van der Waals surface area (Å²) >= 11 is 0. The van der Waals surface area contributed by atoms with E-state index in [1.807, 2.05) is 55.5 Å². The third-order valence-corrected chi connectivity index (χ3v) is 4.98. The molecule has 1 aliphatic carbocycles. The zero-order chi connectivity index (χ0) is 20.4. The Balaban J connectivity index is 1.50. The maximum Gasteiger partial charge on any atom is 0.314 e. The fourth-order valence-corrected chi connectivity index (χ4v) is 3.29. The second kappa shape index (κ2) is 7.87. The first-order valence-corrected chi connectivity index (χ1v) is 9.71. The molecule has 2 aromatic heterocycles. The van der Waals surface area contributed by atoms with Gasteiger partial charge in [-0.2, -0.15) is 5.10 Å². The smallest absolute Gasteiger partial charge is 0.314 e. The molecule has 1 aliphatic rings. The van der Waals surface area contributed by atoms with Crippen LogP contribution >= 0.6 is 0 Å². The lowest BCUT2D eigenvalue weighted by Crippen LogP contribution is -2.37. The van der Waals surface area contributed by atoms with Crippen molar-refractivity contribution in [3.8, 4) is 5.69 Å². The molecule has 0 saturated heterocycles. The Morgan fingerprint density at radius 3 is 2.55 bits per heavy atom. The number of rotatable bonds is 5. The van der Waals surface area contributed by atoms with Crippen LogP contribution in [0.15, 0.2) is 54.7 Å². The van der Waals surface area contributed by atoms with Crippen LogP contribution in [-0.4, -0.2) is 26.6 Å². The van der Waals surface area contributed by atoms with E-state index in [0.29, 0.717) is 11.7 Å². The van der Waals surface area contributed by atoms with E-state index >= 15 is 0 Å². The molecule has 1 unspecified atom stereocenters. The second-order valence-corrected chi connectivity index (χ2v) is 7.33. The minimum atomic E-state index is -0.732. The van der Waals surface area contributed by atoms with E-state index in [-0.39, 0.29) is 6.04 Å². The zero-order valence-corrected chi connectivity index (χ0v) is 16.4. The van der Waals surface area contributed by atoms with E-state index in [2.05, 4.69) is 20.7 Å². The summed E-state index contributed by atoms with van der Waals surface area (Å²) in [6.07, 6.45) is 3.87. The van der Waals surface area contributed by atoms with Crippen LogP contribution in [0.1, 0.15) is 48.7 Å². The van der Waals surface area contributed by atoms with Crippen LogP contribution in [-0.2, 0) is 9.59 Å². The van der Waals surface area contributed by atoms with Crippen molar-refractivity contribution in [2.24, 2.45) is 0 Å². The molecule has 0 radical (unpaired) electrons. The van der Waals surface area contributed by atoms with Gasteiger partial charge in [0.05, 0.1) is 23.1 Å². The van der Waals surface area contributed by atoms with Crippen LogP contribution in [0.2, 0.25) is 0 Å². The summed E-state index contributed by atoms with van der Waals surface area (Å²) in [7, 11) is 0. The van der Waals surface area contributed by atoms with Crippen molar-refractivity contribution in [2.45, 2.75) is 38.6 Å². The Morgan fingerprint density at radius 1 is 1.10 bits per heavy atom. The first-order chi connectivity index (χ1) is 14.0. The minimum Gasteiger partial charge on any atom is -0.340 e. The molecule has 7 heteroatoms. The third kappa shape index (κ3) is 4.18. The monoisotopic (exact) mass is 389 g/mol. The highest BCUT2D eigenvalue weighted by Gasteiger charge is 2.28. The lowest BCUT2D eigenvalue weighted by atomic mass is 10.1. The van der Waals surface area contributed by atoms with E-state index in [0.717, 1.165) is 35.5 Å². The van der Waals surface area contributed by atoms with Crippen molar-refractivity contribution in [2.75, 3.05) is 5.32 Å². The number of nitrogens with zero attached hydrogens (tertiary/aromatic N) is 3. The summed E-state index contributed by atoms with van der Waals surface area (Å²) in [4.78, 5) is 29.3. The van der Waals surface area contributed by atoms with Crippen molar-refractivity contribution in [3.05, 3.63) is 71.7 Å².